The Hall–Kier alpha value is -1.26. The van der Waals surface area contributed by atoms with E-state index >= 15 is 0 Å². The second-order valence-corrected chi connectivity index (χ2v) is 3.70. The van der Waals surface area contributed by atoms with E-state index in [1.165, 1.54) is 5.06 Å². The molecule has 0 bridgehead atoms. The molecule has 5 heteroatoms. The number of hydrogen-bond acceptors (Lipinski definition) is 2. The molecule has 1 aromatic carbocycles. The van der Waals surface area contributed by atoms with Crippen molar-refractivity contribution in [2.75, 3.05) is 24.1 Å². The van der Waals surface area contributed by atoms with Crippen LogP contribution in [0.1, 0.15) is 13.3 Å². The van der Waals surface area contributed by atoms with Gasteiger partial charge in [0, 0.05) is 12.4 Å². The van der Waals surface area contributed by atoms with Gasteiger partial charge in [0.25, 0.3) is 0 Å². The van der Waals surface area contributed by atoms with Crippen molar-refractivity contribution in [3.8, 4) is 0 Å². The second kappa shape index (κ2) is 7.92. The highest BCUT2D eigenvalue weighted by atomic mass is 35.5. The highest BCUT2D eigenvalue weighted by Gasteiger charge is 2.14. The Morgan fingerprint density at radius 3 is 2.71 bits per heavy atom. The van der Waals surface area contributed by atoms with Crippen LogP contribution in [0.4, 0.5) is 10.5 Å². The number of nitrogens with one attached hydrogen (secondary N) is 1. The second-order valence-electron chi connectivity index (χ2n) is 3.32. The van der Waals surface area contributed by atoms with Gasteiger partial charge in [-0.2, -0.15) is 5.06 Å². The van der Waals surface area contributed by atoms with Crippen LogP contribution in [0.2, 0.25) is 0 Å². The van der Waals surface area contributed by atoms with Gasteiger partial charge in [0.05, 0.1) is 12.3 Å². The lowest BCUT2D eigenvalue weighted by atomic mass is 10.3. The molecule has 94 valence electrons. The van der Waals surface area contributed by atoms with Gasteiger partial charge in [-0.3, -0.25) is 4.84 Å². The number of carbonyl (C=O) groups is 1. The standard InChI is InChI=1S/C12H17ClN2O2/c1-2-17-15(11-7-4-3-5-8-11)12(16)14-10-6-9-13/h3-5,7-8H,2,6,9-10H2,1H3,(H,14,16). The number of halogens is 1. The van der Waals surface area contributed by atoms with Crippen LogP contribution in [0.3, 0.4) is 0 Å². The summed E-state index contributed by atoms with van der Waals surface area (Å²) >= 11 is 5.55. The Balaban J connectivity index is 2.62. The Kier molecular flexibility index (Phi) is 6.43. The first-order valence-corrected chi connectivity index (χ1v) is 6.15. The molecule has 0 heterocycles. The summed E-state index contributed by atoms with van der Waals surface area (Å²) in [5.41, 5.74) is 0.706. The number of hydrogen-bond donors (Lipinski definition) is 1. The predicted octanol–water partition coefficient (Wildman–Crippen LogP) is 2.78. The van der Waals surface area contributed by atoms with Crippen molar-refractivity contribution in [3.05, 3.63) is 30.3 Å². The van der Waals surface area contributed by atoms with Gasteiger partial charge < -0.3 is 5.32 Å². The van der Waals surface area contributed by atoms with Crippen LogP contribution >= 0.6 is 11.6 Å². The topological polar surface area (TPSA) is 41.6 Å². The molecule has 0 aromatic heterocycles. The molecule has 4 nitrogen and oxygen atoms in total. The average molecular weight is 257 g/mol. The first-order valence-electron chi connectivity index (χ1n) is 5.61. The van der Waals surface area contributed by atoms with Crippen LogP contribution in [0.15, 0.2) is 30.3 Å². The molecule has 0 unspecified atom stereocenters. The maximum absolute atomic E-state index is 11.9. The zero-order valence-corrected chi connectivity index (χ0v) is 10.6. The monoisotopic (exact) mass is 256 g/mol. The fourth-order valence-corrected chi connectivity index (χ4v) is 1.41. The van der Waals surface area contributed by atoms with E-state index in [1.807, 2.05) is 37.3 Å². The molecule has 0 radical (unpaired) electrons. The summed E-state index contributed by atoms with van der Waals surface area (Å²) in [6, 6.07) is 8.95. The minimum absolute atomic E-state index is 0.275. The molecule has 0 aliphatic rings. The molecule has 17 heavy (non-hydrogen) atoms. The van der Waals surface area contributed by atoms with Gasteiger partial charge in [-0.05, 0) is 25.5 Å². The number of hydroxylamine groups is 1. The van der Waals surface area contributed by atoms with Crippen molar-refractivity contribution < 1.29 is 9.63 Å². The Morgan fingerprint density at radius 2 is 2.12 bits per heavy atom. The molecule has 1 N–H and O–H groups in total. The summed E-state index contributed by atoms with van der Waals surface area (Å²) in [5.74, 6) is 0.528. The molecule has 0 aliphatic carbocycles. The quantitative estimate of drug-likeness (QED) is 0.483. The van der Waals surface area contributed by atoms with Crippen molar-refractivity contribution in [2.24, 2.45) is 0 Å². The van der Waals surface area contributed by atoms with Crippen molar-refractivity contribution in [1.82, 2.24) is 5.32 Å². The molecular weight excluding hydrogens is 240 g/mol. The van der Waals surface area contributed by atoms with E-state index in [0.717, 1.165) is 6.42 Å². The van der Waals surface area contributed by atoms with Gasteiger partial charge in [-0.1, -0.05) is 18.2 Å². The number of carbonyl (C=O) groups excluding carboxylic acids is 1. The highest BCUT2D eigenvalue weighted by Crippen LogP contribution is 2.13. The van der Waals surface area contributed by atoms with E-state index in [9.17, 15) is 4.79 Å². The van der Waals surface area contributed by atoms with Crippen LogP contribution in [-0.4, -0.2) is 25.1 Å². The summed E-state index contributed by atoms with van der Waals surface area (Å²) in [6.07, 6.45) is 0.738. The van der Waals surface area contributed by atoms with Gasteiger partial charge in [-0.25, -0.2) is 4.79 Å². The summed E-state index contributed by atoms with van der Waals surface area (Å²) in [5, 5.41) is 4.00. The van der Waals surface area contributed by atoms with Crippen molar-refractivity contribution in [2.45, 2.75) is 13.3 Å². The third-order valence-corrected chi connectivity index (χ3v) is 2.29. The van der Waals surface area contributed by atoms with Gasteiger partial charge in [0.15, 0.2) is 0 Å². The van der Waals surface area contributed by atoms with Crippen LogP contribution in [0, 0.1) is 0 Å². The van der Waals surface area contributed by atoms with Crippen molar-refractivity contribution in [3.63, 3.8) is 0 Å². The van der Waals surface area contributed by atoms with E-state index in [-0.39, 0.29) is 6.03 Å². The third kappa shape index (κ3) is 4.63. The number of para-hydroxylation sites is 1. The van der Waals surface area contributed by atoms with E-state index in [1.54, 1.807) is 0 Å². The summed E-state index contributed by atoms with van der Waals surface area (Å²) < 4.78 is 0. The molecule has 0 atom stereocenters. The fraction of sp³-hybridized carbons (Fsp3) is 0.417. The van der Waals surface area contributed by atoms with Crippen LogP contribution in [0.25, 0.3) is 0 Å². The number of rotatable bonds is 6. The number of alkyl halides is 1. The first-order chi connectivity index (χ1) is 8.29. The number of benzene rings is 1. The lowest BCUT2D eigenvalue weighted by molar-refractivity contribution is 0.127. The Bertz CT molecular complexity index is 333. The summed E-state index contributed by atoms with van der Waals surface area (Å²) in [4.78, 5) is 17.2. The molecule has 0 fully saturated rings. The molecular formula is C12H17ClN2O2. The molecule has 0 saturated heterocycles. The highest BCUT2D eigenvalue weighted by molar-refractivity contribution is 6.17. The molecule has 1 aromatic rings. The largest absolute Gasteiger partial charge is 0.346 e. The van der Waals surface area contributed by atoms with Crippen molar-refractivity contribution in [1.29, 1.82) is 0 Å². The first kappa shape index (κ1) is 13.8. The maximum atomic E-state index is 11.9. The summed E-state index contributed by atoms with van der Waals surface area (Å²) in [7, 11) is 0. The van der Waals surface area contributed by atoms with E-state index in [4.69, 9.17) is 16.4 Å². The number of urea groups is 1. The zero-order valence-electron chi connectivity index (χ0n) is 9.86. The van der Waals surface area contributed by atoms with E-state index < -0.39 is 0 Å². The third-order valence-electron chi connectivity index (χ3n) is 2.02. The van der Waals surface area contributed by atoms with Crippen molar-refractivity contribution >= 4 is 23.3 Å². The smallest absolute Gasteiger partial charge is 0.336 e. The van der Waals surface area contributed by atoms with Crippen LogP contribution in [0.5, 0.6) is 0 Å². The van der Waals surface area contributed by atoms with Gasteiger partial charge in [0.2, 0.25) is 0 Å². The molecule has 0 saturated carbocycles. The normalized spacial score (nSPS) is 10.0. The minimum Gasteiger partial charge on any atom is -0.336 e. The lowest BCUT2D eigenvalue weighted by Gasteiger charge is -2.21. The number of amides is 2. The maximum Gasteiger partial charge on any atom is 0.346 e. The molecule has 2 amide bonds. The number of nitrogens with zero attached hydrogens (tertiary/aromatic N) is 1. The summed E-state index contributed by atoms with van der Waals surface area (Å²) in [6.45, 7) is 2.80. The predicted molar refractivity (Wildman–Crippen MR) is 69.3 cm³/mol. The minimum atomic E-state index is -0.275. The lowest BCUT2D eigenvalue weighted by Crippen LogP contribution is -2.40. The van der Waals surface area contributed by atoms with Crippen LogP contribution < -0.4 is 10.4 Å². The average Bonchev–Trinajstić information content (AvgIpc) is 2.37. The Morgan fingerprint density at radius 1 is 1.41 bits per heavy atom. The zero-order chi connectivity index (χ0) is 12.5. The molecule has 0 spiro atoms. The fourth-order valence-electron chi connectivity index (χ4n) is 1.28. The molecule has 1 rings (SSSR count). The SMILES string of the molecule is CCON(C(=O)NCCCCl)c1ccccc1. The van der Waals surface area contributed by atoms with Gasteiger partial charge in [0.1, 0.15) is 0 Å². The van der Waals surface area contributed by atoms with E-state index in [0.29, 0.717) is 24.7 Å². The van der Waals surface area contributed by atoms with Crippen LogP contribution in [-0.2, 0) is 4.84 Å². The Labute approximate surface area is 106 Å². The van der Waals surface area contributed by atoms with Gasteiger partial charge in [-0.15, -0.1) is 11.6 Å². The van der Waals surface area contributed by atoms with Gasteiger partial charge >= 0.3 is 6.03 Å². The van der Waals surface area contributed by atoms with E-state index in [2.05, 4.69) is 5.32 Å². The molecule has 0 aliphatic heterocycles. The number of anilines is 1.